The number of amides is 1. The molecule has 7 nitrogen and oxygen atoms in total. The third kappa shape index (κ3) is 4.29. The molecule has 1 heterocycles. The molecule has 0 saturated heterocycles. The quantitative estimate of drug-likeness (QED) is 0.667. The molecule has 7 heteroatoms. The van der Waals surface area contributed by atoms with Gasteiger partial charge in [-0.1, -0.05) is 18.2 Å². The van der Waals surface area contributed by atoms with Gasteiger partial charge in [-0.25, -0.2) is 0 Å². The van der Waals surface area contributed by atoms with Crippen molar-refractivity contribution in [2.45, 2.75) is 25.8 Å². The Bertz CT molecular complexity index is 885. The van der Waals surface area contributed by atoms with Gasteiger partial charge in [0.2, 0.25) is 5.75 Å². The first-order valence-electron chi connectivity index (χ1n) is 9.33. The lowest BCUT2D eigenvalue weighted by Crippen LogP contribution is -2.38. The Labute approximate surface area is 170 Å². The number of hydrogen-bond donors (Lipinski definition) is 0. The molecule has 0 radical (unpaired) electrons. The molecule has 0 saturated carbocycles. The number of carbonyl (C=O) groups is 2. The van der Waals surface area contributed by atoms with Crippen molar-refractivity contribution in [3.63, 3.8) is 0 Å². The standard InChI is InChI=1S/C22H25NO6/c1-14-9-16-7-5-6-8-17(16)23(14)20(24)13-29-21(25)12-15-10-18(26-2)22(28-4)19(11-15)27-3/h5-8,10-11,14H,9,12-13H2,1-4H3/t14-/m1/s1. The summed E-state index contributed by atoms with van der Waals surface area (Å²) in [5, 5.41) is 0. The van der Waals surface area contributed by atoms with Crippen LogP contribution in [0.2, 0.25) is 0 Å². The molecule has 0 unspecified atom stereocenters. The molecule has 0 fully saturated rings. The van der Waals surface area contributed by atoms with Crippen LogP contribution in [0.5, 0.6) is 17.2 Å². The summed E-state index contributed by atoms with van der Waals surface area (Å²) < 4.78 is 21.1. The predicted octanol–water partition coefficient (Wildman–Crippen LogP) is 2.78. The lowest BCUT2D eigenvalue weighted by molar-refractivity contribution is -0.147. The highest BCUT2D eigenvalue weighted by Gasteiger charge is 2.31. The number of ether oxygens (including phenoxy) is 4. The highest BCUT2D eigenvalue weighted by molar-refractivity contribution is 5.97. The molecule has 154 valence electrons. The summed E-state index contributed by atoms with van der Waals surface area (Å²) in [6, 6.07) is 11.2. The van der Waals surface area contributed by atoms with Crippen LogP contribution >= 0.6 is 0 Å². The summed E-state index contributed by atoms with van der Waals surface area (Å²) in [6.45, 7) is 1.68. The maximum atomic E-state index is 12.7. The molecule has 29 heavy (non-hydrogen) atoms. The van der Waals surface area contributed by atoms with Crippen LogP contribution in [0.25, 0.3) is 0 Å². The molecule has 1 aliphatic rings. The maximum Gasteiger partial charge on any atom is 0.310 e. The average Bonchev–Trinajstić information content (AvgIpc) is 3.06. The second-order valence-electron chi connectivity index (χ2n) is 6.82. The van der Waals surface area contributed by atoms with E-state index < -0.39 is 5.97 Å². The Kier molecular flexibility index (Phi) is 6.26. The van der Waals surface area contributed by atoms with Crippen molar-refractivity contribution in [1.82, 2.24) is 0 Å². The molecule has 0 N–H and O–H groups in total. The van der Waals surface area contributed by atoms with Gasteiger partial charge in [0.25, 0.3) is 5.91 Å². The number of hydrogen-bond acceptors (Lipinski definition) is 6. The second kappa shape index (κ2) is 8.86. The summed E-state index contributed by atoms with van der Waals surface area (Å²) >= 11 is 0. The summed E-state index contributed by atoms with van der Waals surface area (Å²) in [6.07, 6.45) is 0.775. The third-order valence-electron chi connectivity index (χ3n) is 4.91. The van der Waals surface area contributed by atoms with Gasteiger partial charge in [0, 0.05) is 11.7 Å². The minimum atomic E-state index is -0.507. The van der Waals surface area contributed by atoms with E-state index in [2.05, 4.69) is 0 Å². The maximum absolute atomic E-state index is 12.7. The fraction of sp³-hybridized carbons (Fsp3) is 0.364. The number of fused-ring (bicyclic) bond motifs is 1. The Morgan fingerprint density at radius 1 is 1.03 bits per heavy atom. The zero-order valence-electron chi connectivity index (χ0n) is 17.1. The Morgan fingerprint density at radius 3 is 2.31 bits per heavy atom. The molecule has 1 amide bonds. The molecule has 0 spiro atoms. The second-order valence-corrected chi connectivity index (χ2v) is 6.82. The van der Waals surface area contributed by atoms with Gasteiger partial charge in [0.1, 0.15) is 0 Å². The lowest BCUT2D eigenvalue weighted by atomic mass is 10.1. The van der Waals surface area contributed by atoms with Crippen molar-refractivity contribution in [3.05, 3.63) is 47.5 Å². The van der Waals surface area contributed by atoms with E-state index in [1.165, 1.54) is 21.3 Å². The van der Waals surface area contributed by atoms with Gasteiger partial charge in [0.15, 0.2) is 18.1 Å². The average molecular weight is 399 g/mol. The highest BCUT2D eigenvalue weighted by Crippen LogP contribution is 2.38. The molecule has 0 aromatic heterocycles. The molecular formula is C22H25NO6. The van der Waals surface area contributed by atoms with E-state index in [4.69, 9.17) is 18.9 Å². The third-order valence-corrected chi connectivity index (χ3v) is 4.91. The van der Waals surface area contributed by atoms with Crippen LogP contribution in [-0.2, 0) is 27.2 Å². The van der Waals surface area contributed by atoms with Crippen molar-refractivity contribution >= 4 is 17.6 Å². The number of benzene rings is 2. The molecule has 1 atom stereocenters. The van der Waals surface area contributed by atoms with E-state index in [-0.39, 0.29) is 25.0 Å². The summed E-state index contributed by atoms with van der Waals surface area (Å²) in [5.74, 6) is 0.610. The summed E-state index contributed by atoms with van der Waals surface area (Å²) in [4.78, 5) is 26.7. The van der Waals surface area contributed by atoms with Crippen molar-refractivity contribution in [2.24, 2.45) is 0 Å². The first-order valence-corrected chi connectivity index (χ1v) is 9.33. The van der Waals surface area contributed by atoms with Gasteiger partial charge in [-0.05, 0) is 42.7 Å². The molecule has 1 aliphatic heterocycles. The number of esters is 1. The number of nitrogens with zero attached hydrogens (tertiary/aromatic N) is 1. The Balaban J connectivity index is 1.64. The molecular weight excluding hydrogens is 374 g/mol. The van der Waals surface area contributed by atoms with Gasteiger partial charge in [-0.3, -0.25) is 9.59 Å². The van der Waals surface area contributed by atoms with Crippen molar-refractivity contribution in [1.29, 1.82) is 0 Å². The van der Waals surface area contributed by atoms with Crippen LogP contribution in [0.4, 0.5) is 5.69 Å². The number of para-hydroxylation sites is 1. The van der Waals surface area contributed by atoms with Crippen LogP contribution in [0.15, 0.2) is 36.4 Å². The van der Waals surface area contributed by atoms with Gasteiger partial charge in [0.05, 0.1) is 27.8 Å². The van der Waals surface area contributed by atoms with Gasteiger partial charge < -0.3 is 23.8 Å². The molecule has 2 aromatic rings. The first-order chi connectivity index (χ1) is 14.0. The number of methoxy groups -OCH3 is 3. The van der Waals surface area contributed by atoms with Crippen LogP contribution in [-0.4, -0.2) is 45.9 Å². The molecule has 2 aromatic carbocycles. The monoisotopic (exact) mass is 399 g/mol. The fourth-order valence-corrected chi connectivity index (χ4v) is 3.61. The van der Waals surface area contributed by atoms with E-state index in [1.54, 1.807) is 17.0 Å². The number of rotatable bonds is 7. The normalized spacial score (nSPS) is 14.9. The SMILES string of the molecule is COc1cc(CC(=O)OCC(=O)N2c3ccccc3C[C@H]2C)cc(OC)c1OC. The largest absolute Gasteiger partial charge is 0.493 e. The minimum Gasteiger partial charge on any atom is -0.493 e. The van der Waals surface area contributed by atoms with E-state index in [9.17, 15) is 9.59 Å². The molecule has 3 rings (SSSR count). The first kappa shape index (κ1) is 20.5. The van der Waals surface area contributed by atoms with Crippen LogP contribution in [0.3, 0.4) is 0 Å². The van der Waals surface area contributed by atoms with E-state index >= 15 is 0 Å². The number of carbonyl (C=O) groups excluding carboxylic acids is 2. The fourth-order valence-electron chi connectivity index (χ4n) is 3.61. The van der Waals surface area contributed by atoms with Crippen molar-refractivity contribution < 1.29 is 28.5 Å². The predicted molar refractivity (Wildman–Crippen MR) is 108 cm³/mol. The van der Waals surface area contributed by atoms with Gasteiger partial charge >= 0.3 is 5.97 Å². The zero-order valence-corrected chi connectivity index (χ0v) is 17.1. The van der Waals surface area contributed by atoms with Gasteiger partial charge in [-0.15, -0.1) is 0 Å². The highest BCUT2D eigenvalue weighted by atomic mass is 16.5. The topological polar surface area (TPSA) is 74.3 Å². The van der Waals surface area contributed by atoms with Crippen LogP contribution in [0, 0.1) is 0 Å². The molecule has 0 bridgehead atoms. The Hall–Kier alpha value is -3.22. The number of anilines is 1. The van der Waals surface area contributed by atoms with Gasteiger partial charge in [-0.2, -0.15) is 0 Å². The summed E-state index contributed by atoms with van der Waals surface area (Å²) in [5.41, 5.74) is 2.64. The van der Waals surface area contributed by atoms with E-state index in [0.29, 0.717) is 22.8 Å². The van der Waals surface area contributed by atoms with E-state index in [0.717, 1.165) is 17.7 Å². The molecule has 0 aliphatic carbocycles. The summed E-state index contributed by atoms with van der Waals surface area (Å²) in [7, 11) is 4.53. The smallest absolute Gasteiger partial charge is 0.310 e. The van der Waals surface area contributed by atoms with E-state index in [1.807, 2.05) is 31.2 Å². The lowest BCUT2D eigenvalue weighted by Gasteiger charge is -2.22. The zero-order chi connectivity index (χ0) is 21.0. The minimum absolute atomic E-state index is 0.0177. The van der Waals surface area contributed by atoms with Crippen LogP contribution in [0.1, 0.15) is 18.1 Å². The Morgan fingerprint density at radius 2 is 1.69 bits per heavy atom. The van der Waals surface area contributed by atoms with Crippen molar-refractivity contribution in [2.75, 3.05) is 32.8 Å². The van der Waals surface area contributed by atoms with Crippen LogP contribution < -0.4 is 19.1 Å². The van der Waals surface area contributed by atoms with Crippen molar-refractivity contribution in [3.8, 4) is 17.2 Å².